The van der Waals surface area contributed by atoms with Crippen LogP contribution in [-0.4, -0.2) is 62.5 Å². The van der Waals surface area contributed by atoms with Crippen LogP contribution in [0.2, 0.25) is 0 Å². The molecule has 0 spiro atoms. The number of rotatable bonds is 7. The number of likely N-dealkylation sites (N-methyl/N-ethyl adjacent to an activating group) is 1. The van der Waals surface area contributed by atoms with Crippen molar-refractivity contribution in [2.24, 2.45) is 0 Å². The van der Waals surface area contributed by atoms with Crippen LogP contribution in [0.15, 0.2) is 47.4 Å². The number of carbonyl (C=O) groups is 2. The van der Waals surface area contributed by atoms with Gasteiger partial charge in [-0.1, -0.05) is 12.1 Å². The van der Waals surface area contributed by atoms with Crippen molar-refractivity contribution >= 4 is 27.4 Å². The van der Waals surface area contributed by atoms with E-state index in [0.717, 1.165) is 19.3 Å². The van der Waals surface area contributed by atoms with Crippen molar-refractivity contribution in [1.29, 1.82) is 0 Å². The minimum Gasteiger partial charge on any atom is -0.326 e. The van der Waals surface area contributed by atoms with Crippen LogP contribution >= 0.6 is 0 Å². The first-order chi connectivity index (χ1) is 15.8. The molecule has 0 radical (unpaired) electrons. The minimum absolute atomic E-state index is 0.0351. The van der Waals surface area contributed by atoms with Gasteiger partial charge in [0.2, 0.25) is 15.9 Å². The first kappa shape index (κ1) is 23.6. The molecule has 176 valence electrons. The summed E-state index contributed by atoms with van der Waals surface area (Å²) in [6.07, 6.45) is 4.66. The highest BCUT2D eigenvalue weighted by Crippen LogP contribution is 2.23. The zero-order valence-electron chi connectivity index (χ0n) is 19.0. The maximum atomic E-state index is 12.8. The molecule has 33 heavy (non-hydrogen) atoms. The lowest BCUT2D eigenvalue weighted by Crippen LogP contribution is -2.46. The Labute approximate surface area is 195 Å². The Morgan fingerprint density at radius 1 is 0.879 bits per heavy atom. The first-order valence-corrected chi connectivity index (χ1v) is 13.0. The zero-order chi connectivity index (χ0) is 23.4. The third-order valence-corrected chi connectivity index (χ3v) is 8.40. The van der Waals surface area contributed by atoms with Gasteiger partial charge >= 0.3 is 0 Å². The second-order valence-electron chi connectivity index (χ2n) is 8.89. The number of amides is 1. The topological polar surface area (TPSA) is 86.8 Å². The predicted octanol–water partition coefficient (Wildman–Crippen LogP) is 3.10. The summed E-state index contributed by atoms with van der Waals surface area (Å²) in [7, 11) is -1.57. The van der Waals surface area contributed by atoms with E-state index in [-0.39, 0.29) is 29.4 Å². The molecule has 1 amide bonds. The second-order valence-corrected chi connectivity index (χ2v) is 10.8. The molecule has 1 aliphatic heterocycles. The van der Waals surface area contributed by atoms with Crippen LogP contribution in [0.1, 0.15) is 47.2 Å². The van der Waals surface area contributed by atoms with Crippen LogP contribution in [0.5, 0.6) is 0 Å². The average Bonchev–Trinajstić information content (AvgIpc) is 2.83. The molecule has 0 bridgehead atoms. The number of nitrogens with one attached hydrogen (secondary N) is 1. The van der Waals surface area contributed by atoms with Gasteiger partial charge in [0.25, 0.3) is 0 Å². The molecule has 1 N–H and O–H groups in total. The fraction of sp³-hybridized carbons (Fsp3) is 0.440. The molecule has 0 aromatic heterocycles. The number of benzene rings is 2. The number of ketones is 1. The van der Waals surface area contributed by atoms with E-state index in [2.05, 4.69) is 10.2 Å². The van der Waals surface area contributed by atoms with Crippen molar-refractivity contribution in [3.63, 3.8) is 0 Å². The molecule has 1 fully saturated rings. The number of fused-ring (bicyclic) bond motifs is 1. The van der Waals surface area contributed by atoms with E-state index in [0.29, 0.717) is 37.4 Å². The maximum absolute atomic E-state index is 12.8. The SMILES string of the molecule is CN1CCN(S(=O)(=O)c2ccc(NC(=O)CCC(=O)c3ccc4c(c3)CCCC4)cc2)CC1. The van der Waals surface area contributed by atoms with Crippen molar-refractivity contribution in [1.82, 2.24) is 9.21 Å². The second kappa shape index (κ2) is 10.2. The van der Waals surface area contributed by atoms with E-state index in [1.54, 1.807) is 12.1 Å². The number of nitrogens with zero attached hydrogens (tertiary/aromatic N) is 2. The van der Waals surface area contributed by atoms with Crippen LogP contribution in [-0.2, 0) is 27.7 Å². The van der Waals surface area contributed by atoms with Crippen LogP contribution in [0.4, 0.5) is 5.69 Å². The third kappa shape index (κ3) is 5.69. The minimum atomic E-state index is -3.54. The number of piperazine rings is 1. The number of hydrogen-bond donors (Lipinski definition) is 1. The number of hydrogen-bond acceptors (Lipinski definition) is 5. The quantitative estimate of drug-likeness (QED) is 0.630. The summed E-state index contributed by atoms with van der Waals surface area (Å²) >= 11 is 0. The van der Waals surface area contributed by atoms with Crippen molar-refractivity contribution in [2.45, 2.75) is 43.4 Å². The number of aryl methyl sites for hydroxylation is 2. The lowest BCUT2D eigenvalue weighted by atomic mass is 9.89. The fourth-order valence-corrected chi connectivity index (χ4v) is 5.81. The summed E-state index contributed by atoms with van der Waals surface area (Å²) in [5.41, 5.74) is 3.76. The van der Waals surface area contributed by atoms with Crippen molar-refractivity contribution in [3.05, 3.63) is 59.2 Å². The summed E-state index contributed by atoms with van der Waals surface area (Å²) in [6.45, 7) is 2.35. The van der Waals surface area contributed by atoms with Gasteiger partial charge in [-0.3, -0.25) is 9.59 Å². The Bertz CT molecular complexity index is 1120. The van der Waals surface area contributed by atoms with Gasteiger partial charge in [0.15, 0.2) is 5.78 Å². The summed E-state index contributed by atoms with van der Waals surface area (Å²) in [6, 6.07) is 12.1. The number of carbonyl (C=O) groups excluding carboxylic acids is 2. The predicted molar refractivity (Wildman–Crippen MR) is 128 cm³/mol. The fourth-order valence-electron chi connectivity index (χ4n) is 4.39. The van der Waals surface area contributed by atoms with Crippen LogP contribution in [0.25, 0.3) is 0 Å². The van der Waals surface area contributed by atoms with E-state index in [1.165, 1.54) is 34.0 Å². The van der Waals surface area contributed by atoms with Crippen molar-refractivity contribution in [3.8, 4) is 0 Å². The molecule has 1 aliphatic carbocycles. The Kier molecular flexibility index (Phi) is 7.26. The molecule has 2 aromatic rings. The van der Waals surface area contributed by atoms with E-state index < -0.39 is 10.0 Å². The van der Waals surface area contributed by atoms with Crippen molar-refractivity contribution in [2.75, 3.05) is 38.5 Å². The highest BCUT2D eigenvalue weighted by atomic mass is 32.2. The van der Waals surface area contributed by atoms with Gasteiger partial charge in [-0.25, -0.2) is 8.42 Å². The first-order valence-electron chi connectivity index (χ1n) is 11.6. The molecule has 1 heterocycles. The number of Topliss-reactive ketones (excluding diaryl/α,β-unsaturated/α-hetero) is 1. The monoisotopic (exact) mass is 469 g/mol. The average molecular weight is 470 g/mol. The lowest BCUT2D eigenvalue weighted by Gasteiger charge is -2.31. The standard InChI is InChI=1S/C25H31N3O4S/c1-27-14-16-28(17-15-27)33(31,32)23-10-8-22(9-11-23)26-25(30)13-12-24(29)21-7-6-19-4-2-3-5-20(19)18-21/h6-11,18H,2-5,12-17H2,1H3,(H,26,30). The van der Waals surface area contributed by atoms with Gasteiger partial charge in [0.1, 0.15) is 0 Å². The molecular weight excluding hydrogens is 438 g/mol. The highest BCUT2D eigenvalue weighted by molar-refractivity contribution is 7.89. The van der Waals surface area contributed by atoms with E-state index >= 15 is 0 Å². The van der Waals surface area contributed by atoms with Gasteiger partial charge in [-0.05, 0) is 74.2 Å². The van der Waals surface area contributed by atoms with E-state index in [9.17, 15) is 18.0 Å². The molecule has 4 rings (SSSR count). The largest absolute Gasteiger partial charge is 0.326 e. The van der Waals surface area contributed by atoms with Gasteiger partial charge in [0, 0.05) is 50.3 Å². The molecule has 7 nitrogen and oxygen atoms in total. The molecular formula is C25H31N3O4S. The summed E-state index contributed by atoms with van der Waals surface area (Å²) in [5, 5.41) is 2.76. The van der Waals surface area contributed by atoms with Crippen LogP contribution in [0.3, 0.4) is 0 Å². The smallest absolute Gasteiger partial charge is 0.243 e. The molecule has 1 saturated heterocycles. The van der Waals surface area contributed by atoms with Crippen molar-refractivity contribution < 1.29 is 18.0 Å². The molecule has 0 saturated carbocycles. The summed E-state index contributed by atoms with van der Waals surface area (Å²) < 4.78 is 27.1. The zero-order valence-corrected chi connectivity index (χ0v) is 19.9. The lowest BCUT2D eigenvalue weighted by molar-refractivity contribution is -0.116. The Balaban J connectivity index is 1.30. The Morgan fingerprint density at radius 3 is 2.24 bits per heavy atom. The summed E-state index contributed by atoms with van der Waals surface area (Å²) in [5.74, 6) is -0.303. The van der Waals surface area contributed by atoms with Gasteiger partial charge in [-0.2, -0.15) is 4.31 Å². The van der Waals surface area contributed by atoms with E-state index in [4.69, 9.17) is 0 Å². The Morgan fingerprint density at radius 2 is 1.55 bits per heavy atom. The number of sulfonamides is 1. The van der Waals surface area contributed by atoms with E-state index in [1.807, 2.05) is 25.2 Å². The maximum Gasteiger partial charge on any atom is 0.243 e. The van der Waals surface area contributed by atoms with Crippen LogP contribution < -0.4 is 5.32 Å². The molecule has 0 unspecified atom stereocenters. The van der Waals surface area contributed by atoms with Gasteiger partial charge in [-0.15, -0.1) is 0 Å². The molecule has 2 aliphatic rings. The Hall–Kier alpha value is -2.55. The number of anilines is 1. The molecule has 8 heteroatoms. The van der Waals surface area contributed by atoms with Gasteiger partial charge < -0.3 is 10.2 Å². The highest BCUT2D eigenvalue weighted by Gasteiger charge is 2.27. The van der Waals surface area contributed by atoms with Crippen LogP contribution in [0, 0.1) is 0 Å². The summed E-state index contributed by atoms with van der Waals surface area (Å²) in [4.78, 5) is 27.2. The van der Waals surface area contributed by atoms with Gasteiger partial charge in [0.05, 0.1) is 4.90 Å². The molecule has 2 aromatic carbocycles. The normalized spacial score (nSPS) is 17.4. The molecule has 0 atom stereocenters. The third-order valence-electron chi connectivity index (χ3n) is 6.49.